The van der Waals surface area contributed by atoms with Crippen LogP contribution in [0.3, 0.4) is 0 Å². The van der Waals surface area contributed by atoms with Gasteiger partial charge in [-0.2, -0.15) is 0 Å². The molecule has 0 radical (unpaired) electrons. The summed E-state index contributed by atoms with van der Waals surface area (Å²) in [6.07, 6.45) is 2.17. The van der Waals surface area contributed by atoms with E-state index in [9.17, 15) is 9.59 Å². The molecule has 0 aliphatic heterocycles. The molecular weight excluding hydrogens is 282 g/mol. The van der Waals surface area contributed by atoms with Gasteiger partial charge in [-0.3, -0.25) is 9.59 Å². The Morgan fingerprint density at radius 1 is 1.18 bits per heavy atom. The molecule has 0 bridgehead atoms. The number of nitrogens with one attached hydrogen (secondary N) is 2. The molecule has 2 rings (SSSR count). The third kappa shape index (κ3) is 3.72. The summed E-state index contributed by atoms with van der Waals surface area (Å²) >= 11 is 0. The molecular formula is C16H19N3O3. The Bertz CT molecular complexity index is 662. The van der Waals surface area contributed by atoms with E-state index < -0.39 is 0 Å². The topological polar surface area (TPSA) is 84.2 Å². The van der Waals surface area contributed by atoms with Crippen molar-refractivity contribution in [3.8, 4) is 0 Å². The maximum absolute atomic E-state index is 12.0. The van der Waals surface area contributed by atoms with Gasteiger partial charge in [0.1, 0.15) is 11.3 Å². The molecule has 1 aromatic heterocycles. The minimum Gasteiger partial charge on any atom is -0.361 e. The average Bonchev–Trinajstić information content (AvgIpc) is 2.94. The Kier molecular flexibility index (Phi) is 4.93. The van der Waals surface area contributed by atoms with Crippen molar-refractivity contribution in [1.29, 1.82) is 0 Å². The lowest BCUT2D eigenvalue weighted by molar-refractivity contribution is -0.119. The van der Waals surface area contributed by atoms with Crippen molar-refractivity contribution in [2.45, 2.75) is 27.2 Å². The summed E-state index contributed by atoms with van der Waals surface area (Å²) in [5, 5.41) is 9.15. The normalized spacial score (nSPS) is 11.8. The molecule has 2 amide bonds. The third-order valence-electron chi connectivity index (χ3n) is 3.47. The van der Waals surface area contributed by atoms with Crippen molar-refractivity contribution in [3.05, 3.63) is 41.8 Å². The summed E-state index contributed by atoms with van der Waals surface area (Å²) in [7, 11) is 0. The molecule has 0 fully saturated rings. The van der Waals surface area contributed by atoms with Crippen molar-refractivity contribution in [1.82, 2.24) is 5.16 Å². The fourth-order valence-electron chi connectivity index (χ4n) is 1.80. The van der Waals surface area contributed by atoms with Crippen LogP contribution in [0.15, 0.2) is 35.0 Å². The first kappa shape index (κ1) is 15.8. The van der Waals surface area contributed by atoms with E-state index in [1.165, 1.54) is 6.20 Å². The van der Waals surface area contributed by atoms with Crippen molar-refractivity contribution in [2.24, 2.45) is 5.92 Å². The zero-order chi connectivity index (χ0) is 16.1. The summed E-state index contributed by atoms with van der Waals surface area (Å²) in [4.78, 5) is 23.8. The lowest BCUT2D eigenvalue weighted by Gasteiger charge is -2.10. The van der Waals surface area contributed by atoms with E-state index in [-0.39, 0.29) is 17.7 Å². The van der Waals surface area contributed by atoms with Gasteiger partial charge in [-0.05, 0) is 37.6 Å². The molecule has 1 aromatic carbocycles. The predicted octanol–water partition coefficient (Wildman–Crippen LogP) is 3.22. The fraction of sp³-hybridized carbons (Fsp3) is 0.312. The smallest absolute Gasteiger partial charge is 0.260 e. The zero-order valence-electron chi connectivity index (χ0n) is 12.8. The Morgan fingerprint density at radius 2 is 1.77 bits per heavy atom. The summed E-state index contributed by atoms with van der Waals surface area (Å²) < 4.78 is 4.86. The van der Waals surface area contributed by atoms with Gasteiger partial charge in [0.25, 0.3) is 5.91 Å². The second-order valence-electron chi connectivity index (χ2n) is 5.13. The minimum atomic E-state index is -0.282. The van der Waals surface area contributed by atoms with E-state index in [2.05, 4.69) is 15.8 Å². The van der Waals surface area contributed by atoms with Crippen molar-refractivity contribution < 1.29 is 14.1 Å². The van der Waals surface area contributed by atoms with E-state index in [1.54, 1.807) is 31.2 Å². The lowest BCUT2D eigenvalue weighted by Crippen LogP contribution is -2.19. The number of aryl methyl sites for hydroxylation is 1. The van der Waals surface area contributed by atoms with Crippen molar-refractivity contribution in [2.75, 3.05) is 10.6 Å². The summed E-state index contributed by atoms with van der Waals surface area (Å²) in [5.41, 5.74) is 1.73. The Labute approximate surface area is 128 Å². The number of amides is 2. The molecule has 0 aliphatic rings. The van der Waals surface area contributed by atoms with Gasteiger partial charge in [-0.1, -0.05) is 19.0 Å². The Balaban J connectivity index is 1.99. The Morgan fingerprint density at radius 3 is 2.27 bits per heavy atom. The van der Waals surface area contributed by atoms with Gasteiger partial charge in [0.05, 0.1) is 6.20 Å². The number of carbonyl (C=O) groups excluding carboxylic acids is 2. The van der Waals surface area contributed by atoms with Gasteiger partial charge in [0.2, 0.25) is 5.91 Å². The minimum absolute atomic E-state index is 0.0145. The maximum Gasteiger partial charge on any atom is 0.260 e. The van der Waals surface area contributed by atoms with Crippen LogP contribution in [0.5, 0.6) is 0 Å². The molecule has 0 saturated carbocycles. The molecule has 1 atom stereocenters. The van der Waals surface area contributed by atoms with Crippen LogP contribution in [-0.4, -0.2) is 17.0 Å². The molecule has 116 valence electrons. The van der Waals surface area contributed by atoms with Gasteiger partial charge >= 0.3 is 0 Å². The molecule has 6 heteroatoms. The number of anilines is 2. The van der Waals surface area contributed by atoms with E-state index in [1.807, 2.05) is 13.8 Å². The van der Waals surface area contributed by atoms with Gasteiger partial charge in [0.15, 0.2) is 0 Å². The van der Waals surface area contributed by atoms with E-state index in [0.717, 1.165) is 6.42 Å². The van der Waals surface area contributed by atoms with Crippen LogP contribution in [0.2, 0.25) is 0 Å². The third-order valence-corrected chi connectivity index (χ3v) is 3.47. The second-order valence-corrected chi connectivity index (χ2v) is 5.13. The van der Waals surface area contributed by atoms with Crippen molar-refractivity contribution >= 4 is 23.2 Å². The van der Waals surface area contributed by atoms with Crippen LogP contribution in [0.25, 0.3) is 0 Å². The van der Waals surface area contributed by atoms with E-state index in [4.69, 9.17) is 4.52 Å². The van der Waals surface area contributed by atoms with Gasteiger partial charge < -0.3 is 15.2 Å². The molecule has 0 saturated heterocycles. The number of benzene rings is 1. The largest absolute Gasteiger partial charge is 0.361 e. The molecule has 2 N–H and O–H groups in total. The first-order chi connectivity index (χ1) is 10.5. The second kappa shape index (κ2) is 6.89. The first-order valence-corrected chi connectivity index (χ1v) is 7.14. The molecule has 0 aliphatic carbocycles. The molecule has 0 unspecified atom stereocenters. The molecule has 6 nitrogen and oxygen atoms in total. The van der Waals surface area contributed by atoms with E-state index in [0.29, 0.717) is 22.7 Å². The number of rotatable bonds is 5. The highest BCUT2D eigenvalue weighted by Crippen LogP contribution is 2.16. The monoisotopic (exact) mass is 301 g/mol. The SMILES string of the molecule is CC[C@@H](C)C(=O)Nc1ccc(NC(=O)c2cnoc2C)cc1. The van der Waals surface area contributed by atoms with Crippen LogP contribution in [0.4, 0.5) is 11.4 Å². The lowest BCUT2D eigenvalue weighted by atomic mass is 10.1. The molecule has 2 aromatic rings. The van der Waals surface area contributed by atoms with E-state index >= 15 is 0 Å². The number of hydrogen-bond donors (Lipinski definition) is 2. The number of hydrogen-bond acceptors (Lipinski definition) is 4. The van der Waals surface area contributed by atoms with Crippen LogP contribution in [0.1, 0.15) is 36.4 Å². The highest BCUT2D eigenvalue weighted by atomic mass is 16.5. The van der Waals surface area contributed by atoms with Crippen LogP contribution >= 0.6 is 0 Å². The zero-order valence-corrected chi connectivity index (χ0v) is 12.8. The average molecular weight is 301 g/mol. The number of nitrogens with zero attached hydrogens (tertiary/aromatic N) is 1. The fourth-order valence-corrected chi connectivity index (χ4v) is 1.80. The van der Waals surface area contributed by atoms with Gasteiger partial charge in [-0.15, -0.1) is 0 Å². The summed E-state index contributed by atoms with van der Waals surface area (Å²) in [6.45, 7) is 5.52. The number of aromatic nitrogens is 1. The summed E-state index contributed by atoms with van der Waals surface area (Å²) in [5.74, 6) is 0.139. The molecule has 0 spiro atoms. The highest BCUT2D eigenvalue weighted by molar-refractivity contribution is 6.04. The summed E-state index contributed by atoms with van der Waals surface area (Å²) in [6, 6.07) is 6.95. The van der Waals surface area contributed by atoms with Crippen LogP contribution in [0, 0.1) is 12.8 Å². The van der Waals surface area contributed by atoms with Gasteiger partial charge in [0, 0.05) is 17.3 Å². The van der Waals surface area contributed by atoms with Crippen LogP contribution in [-0.2, 0) is 4.79 Å². The molecule has 22 heavy (non-hydrogen) atoms. The quantitative estimate of drug-likeness (QED) is 0.888. The Hall–Kier alpha value is -2.63. The highest BCUT2D eigenvalue weighted by Gasteiger charge is 2.13. The maximum atomic E-state index is 12.0. The van der Waals surface area contributed by atoms with Crippen LogP contribution < -0.4 is 10.6 Å². The first-order valence-electron chi connectivity index (χ1n) is 7.14. The van der Waals surface area contributed by atoms with Gasteiger partial charge in [-0.25, -0.2) is 0 Å². The predicted molar refractivity (Wildman–Crippen MR) is 83.7 cm³/mol. The van der Waals surface area contributed by atoms with Crippen molar-refractivity contribution in [3.63, 3.8) is 0 Å². The number of carbonyl (C=O) groups is 2. The standard InChI is InChI=1S/C16H19N3O3/c1-4-10(2)15(20)18-12-5-7-13(8-6-12)19-16(21)14-9-17-22-11(14)3/h5-10H,4H2,1-3H3,(H,18,20)(H,19,21)/t10-/m1/s1. The molecule has 1 heterocycles.